The number of thiophene rings is 1. The summed E-state index contributed by atoms with van der Waals surface area (Å²) in [7, 11) is 1.55. The van der Waals surface area contributed by atoms with E-state index in [9.17, 15) is 14.9 Å². The van der Waals surface area contributed by atoms with Crippen LogP contribution in [0.2, 0.25) is 0 Å². The Morgan fingerprint density at radius 1 is 1.22 bits per heavy atom. The zero-order valence-electron chi connectivity index (χ0n) is 19.4. The van der Waals surface area contributed by atoms with Crippen molar-refractivity contribution in [1.82, 2.24) is 0 Å². The molecule has 0 saturated heterocycles. The fourth-order valence-electron chi connectivity index (χ4n) is 3.24. The molecule has 0 bridgehead atoms. The minimum Gasteiger partial charge on any atom is -0.496 e. The number of nitrogens with one attached hydrogen (secondary N) is 1. The van der Waals surface area contributed by atoms with Gasteiger partial charge in [-0.2, -0.15) is 5.26 Å². The molecule has 8 heteroatoms. The van der Waals surface area contributed by atoms with E-state index in [-0.39, 0.29) is 12.2 Å². The summed E-state index contributed by atoms with van der Waals surface area (Å²) in [5.74, 6) is -0.542. The highest BCUT2D eigenvalue weighted by atomic mass is 32.1. The molecular weight excluding hydrogens is 426 g/mol. The number of hydrogen-bond acceptors (Lipinski definition) is 7. The third kappa shape index (κ3) is 5.48. The largest absolute Gasteiger partial charge is 0.496 e. The third-order valence-electron chi connectivity index (χ3n) is 5.10. The van der Waals surface area contributed by atoms with Gasteiger partial charge in [-0.05, 0) is 58.4 Å². The topological polar surface area (TPSA) is 91.7 Å². The van der Waals surface area contributed by atoms with Crippen molar-refractivity contribution in [2.45, 2.75) is 34.6 Å². The van der Waals surface area contributed by atoms with Crippen molar-refractivity contribution in [3.8, 4) is 11.8 Å². The van der Waals surface area contributed by atoms with Gasteiger partial charge in [0.05, 0.1) is 19.3 Å². The number of anilines is 2. The number of hydrogen-bond donors (Lipinski definition) is 1. The molecule has 0 atom stereocenters. The normalized spacial score (nSPS) is 11.0. The minimum absolute atomic E-state index is 0.0996. The van der Waals surface area contributed by atoms with Gasteiger partial charge >= 0.3 is 5.97 Å². The lowest BCUT2D eigenvalue weighted by atomic mass is 10.1. The molecular formula is C24H29N3O4S. The molecule has 0 fully saturated rings. The van der Waals surface area contributed by atoms with Crippen molar-refractivity contribution in [3.63, 3.8) is 0 Å². The predicted molar refractivity (Wildman–Crippen MR) is 129 cm³/mol. The first-order valence-electron chi connectivity index (χ1n) is 10.4. The van der Waals surface area contributed by atoms with Gasteiger partial charge in [0.25, 0.3) is 5.91 Å². The number of nitriles is 1. The highest BCUT2D eigenvalue weighted by Crippen LogP contribution is 2.34. The summed E-state index contributed by atoms with van der Waals surface area (Å²) < 4.78 is 10.6. The van der Waals surface area contributed by atoms with Crippen molar-refractivity contribution < 1.29 is 19.1 Å². The molecule has 2 aromatic rings. The number of amides is 1. The molecule has 1 heterocycles. The van der Waals surface area contributed by atoms with Crippen LogP contribution in [-0.4, -0.2) is 38.7 Å². The lowest BCUT2D eigenvalue weighted by molar-refractivity contribution is -0.112. The maximum Gasteiger partial charge on any atom is 0.341 e. The number of carbonyl (C=O) groups is 2. The van der Waals surface area contributed by atoms with E-state index in [1.54, 1.807) is 21.0 Å². The molecule has 7 nitrogen and oxygen atoms in total. The first-order valence-corrected chi connectivity index (χ1v) is 11.3. The van der Waals surface area contributed by atoms with Gasteiger partial charge in [0.2, 0.25) is 0 Å². The van der Waals surface area contributed by atoms with Gasteiger partial charge in [-0.3, -0.25) is 4.79 Å². The van der Waals surface area contributed by atoms with Crippen LogP contribution < -0.4 is 15.0 Å². The molecule has 32 heavy (non-hydrogen) atoms. The van der Waals surface area contributed by atoms with Gasteiger partial charge < -0.3 is 19.7 Å². The van der Waals surface area contributed by atoms with E-state index in [2.05, 4.69) is 24.1 Å². The van der Waals surface area contributed by atoms with E-state index in [1.165, 1.54) is 17.4 Å². The van der Waals surface area contributed by atoms with E-state index >= 15 is 0 Å². The Morgan fingerprint density at radius 2 is 1.91 bits per heavy atom. The molecule has 0 spiro atoms. The van der Waals surface area contributed by atoms with E-state index < -0.39 is 11.9 Å². The van der Waals surface area contributed by atoms with E-state index in [4.69, 9.17) is 9.47 Å². The summed E-state index contributed by atoms with van der Waals surface area (Å²) in [5, 5.41) is 12.7. The Labute approximate surface area is 193 Å². The number of aryl methyl sites for hydroxylation is 1. The van der Waals surface area contributed by atoms with Crippen LogP contribution >= 0.6 is 11.3 Å². The first kappa shape index (κ1) is 25.0. The molecule has 1 N–H and O–H groups in total. The Hall–Kier alpha value is -3.31. The van der Waals surface area contributed by atoms with Crippen LogP contribution in [0.4, 0.5) is 10.7 Å². The fraction of sp³-hybridized carbons (Fsp3) is 0.375. The average molecular weight is 456 g/mol. The molecule has 1 amide bonds. The minimum atomic E-state index is -0.603. The van der Waals surface area contributed by atoms with Crippen molar-refractivity contribution in [2.24, 2.45) is 0 Å². The highest BCUT2D eigenvalue weighted by Gasteiger charge is 2.23. The quantitative estimate of drug-likeness (QED) is 0.327. The maximum absolute atomic E-state index is 12.9. The number of nitrogens with zero attached hydrogens (tertiary/aromatic N) is 2. The summed E-state index contributed by atoms with van der Waals surface area (Å²) in [5.41, 5.74) is 2.58. The van der Waals surface area contributed by atoms with E-state index in [0.717, 1.165) is 29.2 Å². The molecule has 0 saturated carbocycles. The van der Waals surface area contributed by atoms with E-state index in [1.807, 2.05) is 31.2 Å². The Morgan fingerprint density at radius 3 is 2.47 bits per heavy atom. The van der Waals surface area contributed by atoms with Crippen LogP contribution in [0.1, 0.15) is 47.1 Å². The zero-order chi connectivity index (χ0) is 23.8. The summed E-state index contributed by atoms with van der Waals surface area (Å²) in [6.07, 6.45) is 1.48. The van der Waals surface area contributed by atoms with Gasteiger partial charge in [0, 0.05) is 35.3 Å². The summed E-state index contributed by atoms with van der Waals surface area (Å²) in [6, 6.07) is 7.58. The molecule has 0 aliphatic heterocycles. The van der Waals surface area contributed by atoms with Gasteiger partial charge in [-0.1, -0.05) is 0 Å². The molecule has 0 aliphatic carbocycles. The summed E-state index contributed by atoms with van der Waals surface area (Å²) in [4.78, 5) is 28.3. The van der Waals surface area contributed by atoms with Gasteiger partial charge in [-0.15, -0.1) is 11.3 Å². The second-order valence-electron chi connectivity index (χ2n) is 6.93. The number of esters is 1. The van der Waals surface area contributed by atoms with Crippen molar-refractivity contribution in [1.29, 1.82) is 5.26 Å². The SMILES string of the molecule is CCOC(=O)c1c(NC(=O)/C(C#N)=C/c2ccc(N(CC)CC)cc2OC)sc(C)c1C. The van der Waals surface area contributed by atoms with Crippen LogP contribution in [0.5, 0.6) is 5.75 Å². The molecule has 1 aromatic heterocycles. The van der Waals surface area contributed by atoms with Crippen LogP contribution in [0.25, 0.3) is 6.08 Å². The van der Waals surface area contributed by atoms with Crippen molar-refractivity contribution in [2.75, 3.05) is 37.0 Å². The summed E-state index contributed by atoms with van der Waals surface area (Å²) >= 11 is 1.28. The average Bonchev–Trinajstić information content (AvgIpc) is 3.06. The lowest BCUT2D eigenvalue weighted by Gasteiger charge is -2.22. The van der Waals surface area contributed by atoms with Crippen molar-refractivity contribution >= 4 is 40.0 Å². The fourth-order valence-corrected chi connectivity index (χ4v) is 4.29. The van der Waals surface area contributed by atoms with Crippen molar-refractivity contribution in [3.05, 3.63) is 45.3 Å². The highest BCUT2D eigenvalue weighted by molar-refractivity contribution is 7.16. The number of rotatable bonds is 9. The molecule has 0 aliphatic rings. The standard InChI is InChI=1S/C24H29N3O4S/c1-7-27(8-2)19-11-10-17(20(13-19)30-6)12-18(14-25)22(28)26-23-21(24(29)31-9-3)15(4)16(5)32-23/h10-13H,7-9H2,1-6H3,(H,26,28)/b18-12+. The number of methoxy groups -OCH3 is 1. The van der Waals surface area contributed by atoms with Crippen LogP contribution in [0.15, 0.2) is 23.8 Å². The maximum atomic E-state index is 12.9. The molecule has 0 unspecified atom stereocenters. The Kier molecular flexibility index (Phi) is 8.85. The van der Waals surface area contributed by atoms with Gasteiger partial charge in [-0.25, -0.2) is 4.79 Å². The smallest absolute Gasteiger partial charge is 0.341 e. The van der Waals surface area contributed by atoms with Gasteiger partial charge in [0.1, 0.15) is 22.4 Å². The first-order chi connectivity index (χ1) is 15.3. The Balaban J connectivity index is 2.38. The van der Waals surface area contributed by atoms with Crippen LogP contribution in [0.3, 0.4) is 0 Å². The molecule has 1 aromatic carbocycles. The van der Waals surface area contributed by atoms with E-state index in [0.29, 0.717) is 21.9 Å². The predicted octanol–water partition coefficient (Wildman–Crippen LogP) is 4.94. The lowest BCUT2D eigenvalue weighted by Crippen LogP contribution is -2.21. The molecule has 2 rings (SSSR count). The molecule has 0 radical (unpaired) electrons. The monoisotopic (exact) mass is 455 g/mol. The zero-order valence-corrected chi connectivity index (χ0v) is 20.2. The number of ether oxygens (including phenoxy) is 2. The van der Waals surface area contributed by atoms with Gasteiger partial charge in [0.15, 0.2) is 0 Å². The number of carbonyl (C=O) groups excluding carboxylic acids is 2. The van der Waals surface area contributed by atoms with Crippen LogP contribution in [-0.2, 0) is 9.53 Å². The third-order valence-corrected chi connectivity index (χ3v) is 6.23. The second kappa shape index (κ2) is 11.3. The Bertz CT molecular complexity index is 1060. The number of benzene rings is 1. The molecule has 170 valence electrons. The summed E-state index contributed by atoms with van der Waals surface area (Å²) in [6.45, 7) is 11.5. The van der Waals surface area contributed by atoms with Crippen LogP contribution in [0, 0.1) is 25.2 Å². The second-order valence-corrected chi connectivity index (χ2v) is 8.16.